The summed E-state index contributed by atoms with van der Waals surface area (Å²) in [6, 6.07) is 15.8. The number of fused-ring (bicyclic) bond motifs is 1. The number of rotatable bonds is 7. The van der Waals surface area contributed by atoms with E-state index < -0.39 is 17.6 Å². The molecule has 6 nitrogen and oxygen atoms in total. The van der Waals surface area contributed by atoms with E-state index in [0.29, 0.717) is 31.7 Å². The van der Waals surface area contributed by atoms with Gasteiger partial charge in [-0.25, -0.2) is 4.98 Å². The number of halogens is 3. The average molecular weight is 556 g/mol. The van der Waals surface area contributed by atoms with Crippen LogP contribution in [-0.2, 0) is 19.3 Å². The molecule has 5 rings (SSSR count). The van der Waals surface area contributed by atoms with Gasteiger partial charge in [-0.3, -0.25) is 4.79 Å². The van der Waals surface area contributed by atoms with Crippen molar-refractivity contribution in [3.63, 3.8) is 0 Å². The smallest absolute Gasteiger partial charge is 0.416 e. The van der Waals surface area contributed by atoms with E-state index in [1.54, 1.807) is 28.8 Å². The third-order valence-electron chi connectivity index (χ3n) is 6.88. The van der Waals surface area contributed by atoms with Crippen LogP contribution in [-0.4, -0.2) is 46.3 Å². The molecular weight excluding hydrogens is 527 g/mol. The van der Waals surface area contributed by atoms with Crippen molar-refractivity contribution in [1.29, 1.82) is 0 Å². The molecule has 2 aromatic heterocycles. The van der Waals surface area contributed by atoms with Crippen molar-refractivity contribution < 1.29 is 27.5 Å². The Hall–Kier alpha value is -3.50. The number of nitrogens with zero attached hydrogens (tertiary/aromatic N) is 3. The van der Waals surface area contributed by atoms with Crippen LogP contribution in [0.15, 0.2) is 76.2 Å². The van der Waals surface area contributed by atoms with E-state index in [4.69, 9.17) is 9.40 Å². The average Bonchev–Trinajstić information content (AvgIpc) is 3.45. The number of benzene rings is 2. The van der Waals surface area contributed by atoms with E-state index >= 15 is 0 Å². The van der Waals surface area contributed by atoms with E-state index in [9.17, 15) is 23.1 Å². The predicted octanol–water partition coefficient (Wildman–Crippen LogP) is 6.37. The maximum Gasteiger partial charge on any atom is 0.416 e. The van der Waals surface area contributed by atoms with Crippen LogP contribution in [0.2, 0.25) is 0 Å². The maximum absolute atomic E-state index is 13.6. The highest BCUT2D eigenvalue weighted by Gasteiger charge is 2.31. The summed E-state index contributed by atoms with van der Waals surface area (Å²) in [6.07, 6.45) is -0.0948. The van der Waals surface area contributed by atoms with Gasteiger partial charge in [0.25, 0.3) is 5.91 Å². The molecular formula is C29H28F3N3O3S. The Morgan fingerprint density at radius 3 is 2.49 bits per heavy atom. The van der Waals surface area contributed by atoms with Crippen LogP contribution >= 0.6 is 11.8 Å². The van der Waals surface area contributed by atoms with Gasteiger partial charge >= 0.3 is 6.18 Å². The number of aromatic nitrogens is 1. The minimum atomic E-state index is -4.49. The van der Waals surface area contributed by atoms with Gasteiger partial charge in [-0.15, -0.1) is 11.8 Å². The SMILES string of the molecule is CSc1ccc2cc(CN(Cc3ccco3)C(=O)c3ccc(C(F)(F)F)cc3)c(N3CCC(O)CC3)nc2c1. The van der Waals surface area contributed by atoms with Crippen molar-refractivity contribution in [3.05, 3.63) is 89.4 Å². The van der Waals surface area contributed by atoms with Crippen LogP contribution in [0.3, 0.4) is 0 Å². The number of carbonyl (C=O) groups excluding carboxylic acids is 1. The molecule has 1 aliphatic rings. The minimum absolute atomic E-state index is 0.133. The fraction of sp³-hybridized carbons (Fsp3) is 0.310. The molecule has 4 aromatic rings. The second-order valence-corrected chi connectivity index (χ2v) is 10.4. The lowest BCUT2D eigenvalue weighted by Gasteiger charge is -2.33. The van der Waals surface area contributed by atoms with Crippen LogP contribution in [0.5, 0.6) is 0 Å². The van der Waals surface area contributed by atoms with Gasteiger partial charge in [0.1, 0.15) is 11.6 Å². The fourth-order valence-corrected chi connectivity index (χ4v) is 5.19. The van der Waals surface area contributed by atoms with Gasteiger partial charge in [0.15, 0.2) is 0 Å². The Kier molecular flexibility index (Phi) is 7.86. The first-order valence-electron chi connectivity index (χ1n) is 12.6. The highest BCUT2D eigenvalue weighted by molar-refractivity contribution is 7.98. The second-order valence-electron chi connectivity index (χ2n) is 9.56. The maximum atomic E-state index is 13.6. The van der Waals surface area contributed by atoms with Crippen LogP contribution in [0.4, 0.5) is 19.0 Å². The summed E-state index contributed by atoms with van der Waals surface area (Å²) < 4.78 is 44.8. The number of amides is 1. The molecule has 39 heavy (non-hydrogen) atoms. The summed E-state index contributed by atoms with van der Waals surface area (Å²) in [6.45, 7) is 1.55. The van der Waals surface area contributed by atoms with Crippen molar-refractivity contribution in [1.82, 2.24) is 9.88 Å². The number of aliphatic hydroxyl groups is 1. The number of hydrogen-bond acceptors (Lipinski definition) is 6. The molecule has 204 valence electrons. The van der Waals surface area contributed by atoms with Crippen molar-refractivity contribution in [3.8, 4) is 0 Å². The zero-order chi connectivity index (χ0) is 27.6. The number of aliphatic hydroxyl groups excluding tert-OH is 1. The summed E-state index contributed by atoms with van der Waals surface area (Å²) in [5.74, 6) is 0.867. The molecule has 10 heteroatoms. The van der Waals surface area contributed by atoms with Gasteiger partial charge in [0, 0.05) is 34.5 Å². The molecule has 1 N–H and O–H groups in total. The van der Waals surface area contributed by atoms with Gasteiger partial charge < -0.3 is 19.3 Å². The Morgan fingerprint density at radius 1 is 1.10 bits per heavy atom. The Bertz CT molecular complexity index is 1430. The number of anilines is 1. The zero-order valence-corrected chi connectivity index (χ0v) is 22.1. The summed E-state index contributed by atoms with van der Waals surface area (Å²) in [7, 11) is 0. The first-order chi connectivity index (χ1) is 18.7. The Labute approximate surface area is 228 Å². The molecule has 1 saturated heterocycles. The number of thioether (sulfide) groups is 1. The highest BCUT2D eigenvalue weighted by Crippen LogP contribution is 2.32. The third-order valence-corrected chi connectivity index (χ3v) is 7.60. The predicted molar refractivity (Wildman–Crippen MR) is 145 cm³/mol. The Balaban J connectivity index is 1.53. The third kappa shape index (κ3) is 6.23. The molecule has 1 aliphatic heterocycles. The molecule has 0 atom stereocenters. The van der Waals surface area contributed by atoms with Crippen LogP contribution in [0.1, 0.15) is 40.1 Å². The molecule has 0 bridgehead atoms. The monoisotopic (exact) mass is 555 g/mol. The number of piperidine rings is 1. The molecule has 0 spiro atoms. The van der Waals surface area contributed by atoms with Crippen LogP contribution in [0, 0.1) is 0 Å². The van der Waals surface area contributed by atoms with Gasteiger partial charge in [-0.05, 0) is 73.7 Å². The lowest BCUT2D eigenvalue weighted by atomic mass is 10.1. The van der Waals surface area contributed by atoms with Crippen LogP contribution < -0.4 is 4.90 Å². The number of furan rings is 1. The molecule has 0 radical (unpaired) electrons. The number of hydrogen-bond donors (Lipinski definition) is 1. The molecule has 0 unspecified atom stereocenters. The van der Waals surface area contributed by atoms with E-state index in [0.717, 1.165) is 39.3 Å². The lowest BCUT2D eigenvalue weighted by Crippen LogP contribution is -2.38. The zero-order valence-electron chi connectivity index (χ0n) is 21.3. The molecule has 2 aromatic carbocycles. The number of pyridine rings is 1. The highest BCUT2D eigenvalue weighted by atomic mass is 32.2. The van der Waals surface area contributed by atoms with Gasteiger partial charge in [-0.2, -0.15) is 13.2 Å². The molecule has 3 heterocycles. The lowest BCUT2D eigenvalue weighted by molar-refractivity contribution is -0.137. The van der Waals surface area contributed by atoms with Gasteiger partial charge in [0.05, 0.1) is 36.5 Å². The standard InChI is InChI=1S/C29H28F3N3O3S/c1-39-25-9-6-20-15-21(27(33-26(20)16-25)34-12-10-23(36)11-13-34)17-35(18-24-3-2-14-38-24)28(37)19-4-7-22(8-5-19)29(30,31)32/h2-9,14-16,23,36H,10-13,17-18H2,1H3. The topological polar surface area (TPSA) is 69.8 Å². The second kappa shape index (κ2) is 11.3. The molecule has 1 amide bonds. The first kappa shape index (κ1) is 27.1. The fourth-order valence-electron chi connectivity index (χ4n) is 4.76. The molecule has 0 saturated carbocycles. The van der Waals surface area contributed by atoms with Crippen molar-refractivity contribution in [2.45, 2.75) is 43.1 Å². The summed E-state index contributed by atoms with van der Waals surface area (Å²) in [4.78, 5) is 23.4. The van der Waals surface area contributed by atoms with Crippen molar-refractivity contribution in [2.24, 2.45) is 0 Å². The normalized spacial score (nSPS) is 14.6. The number of carbonyl (C=O) groups is 1. The minimum Gasteiger partial charge on any atom is -0.467 e. The summed E-state index contributed by atoms with van der Waals surface area (Å²) in [5, 5.41) is 11.0. The van der Waals surface area contributed by atoms with Gasteiger partial charge in [-0.1, -0.05) is 6.07 Å². The quantitative estimate of drug-likeness (QED) is 0.267. The Morgan fingerprint density at radius 2 is 1.85 bits per heavy atom. The molecule has 1 fully saturated rings. The first-order valence-corrected chi connectivity index (χ1v) is 13.8. The van der Waals surface area contributed by atoms with E-state index in [1.165, 1.54) is 18.4 Å². The number of alkyl halides is 3. The van der Waals surface area contributed by atoms with Crippen LogP contribution in [0.25, 0.3) is 10.9 Å². The van der Waals surface area contributed by atoms with Crippen molar-refractivity contribution in [2.75, 3.05) is 24.2 Å². The van der Waals surface area contributed by atoms with E-state index in [1.807, 2.05) is 30.5 Å². The van der Waals surface area contributed by atoms with Crippen molar-refractivity contribution >= 4 is 34.4 Å². The summed E-state index contributed by atoms with van der Waals surface area (Å²) >= 11 is 1.63. The van der Waals surface area contributed by atoms with Gasteiger partial charge in [0.2, 0.25) is 0 Å². The van der Waals surface area contributed by atoms with E-state index in [2.05, 4.69) is 4.90 Å². The largest absolute Gasteiger partial charge is 0.467 e. The summed E-state index contributed by atoms with van der Waals surface area (Å²) in [5.41, 5.74) is 0.978. The molecule has 0 aliphatic carbocycles. The van der Waals surface area contributed by atoms with E-state index in [-0.39, 0.29) is 24.8 Å².